The smallest absolute Gasteiger partial charge is 0.410 e. The molecule has 2 unspecified atom stereocenters. The summed E-state index contributed by atoms with van der Waals surface area (Å²) in [5.74, 6) is 0.527. The predicted octanol–water partition coefficient (Wildman–Crippen LogP) is 1.32. The highest BCUT2D eigenvalue weighted by Crippen LogP contribution is 2.34. The van der Waals surface area contributed by atoms with Crippen molar-refractivity contribution in [3.05, 3.63) is 0 Å². The number of piperidine rings is 2. The van der Waals surface area contributed by atoms with Crippen LogP contribution in [0.3, 0.4) is 0 Å². The fraction of sp³-hybridized carbons (Fsp3) is 0.867. The standard InChI is InChI=1S/C15H26N4O2/c1-14(2,3)21-13(20)19-6-4-15(5-7-19)8-11-9-17-18-12(11)10-16-15/h9,11-12,16,18H,4-8,10H2,1-3H3. The SMILES string of the molecule is CC(C)(C)OC(=O)N1CCC2(CC1)CC1C=NNC1CN2. The van der Waals surface area contributed by atoms with E-state index in [1.807, 2.05) is 31.9 Å². The zero-order chi connectivity index (χ0) is 15.1. The number of ether oxygens (including phenoxy) is 1. The number of carbonyl (C=O) groups excluding carboxylic acids is 1. The van der Waals surface area contributed by atoms with E-state index in [0.29, 0.717) is 12.0 Å². The topological polar surface area (TPSA) is 66.0 Å². The van der Waals surface area contributed by atoms with E-state index in [4.69, 9.17) is 4.74 Å². The predicted molar refractivity (Wildman–Crippen MR) is 81.3 cm³/mol. The maximum atomic E-state index is 12.1. The summed E-state index contributed by atoms with van der Waals surface area (Å²) in [6, 6.07) is 0.444. The third-order valence-corrected chi connectivity index (χ3v) is 4.72. The number of fused-ring (bicyclic) bond motifs is 1. The van der Waals surface area contributed by atoms with Crippen LogP contribution in [0.5, 0.6) is 0 Å². The molecule has 0 aromatic rings. The van der Waals surface area contributed by atoms with Crippen molar-refractivity contribution in [3.8, 4) is 0 Å². The van der Waals surface area contributed by atoms with Gasteiger partial charge in [0.2, 0.25) is 0 Å². The molecule has 2 fully saturated rings. The molecule has 3 aliphatic heterocycles. The number of hydrogen-bond donors (Lipinski definition) is 2. The van der Waals surface area contributed by atoms with Crippen molar-refractivity contribution in [1.29, 1.82) is 0 Å². The van der Waals surface area contributed by atoms with Gasteiger partial charge in [-0.25, -0.2) is 4.79 Å². The first kappa shape index (κ1) is 14.6. The molecule has 1 spiro atoms. The van der Waals surface area contributed by atoms with Crippen LogP contribution in [0.4, 0.5) is 4.79 Å². The summed E-state index contributed by atoms with van der Waals surface area (Å²) in [5.41, 5.74) is 2.90. The highest BCUT2D eigenvalue weighted by molar-refractivity contribution is 5.68. The minimum absolute atomic E-state index is 0.164. The summed E-state index contributed by atoms with van der Waals surface area (Å²) in [7, 11) is 0. The van der Waals surface area contributed by atoms with Gasteiger partial charge in [-0.2, -0.15) is 5.10 Å². The summed E-state index contributed by atoms with van der Waals surface area (Å²) < 4.78 is 5.46. The van der Waals surface area contributed by atoms with E-state index in [2.05, 4.69) is 15.8 Å². The van der Waals surface area contributed by atoms with Crippen LogP contribution in [0.15, 0.2) is 5.10 Å². The fourth-order valence-corrected chi connectivity index (χ4v) is 3.50. The third kappa shape index (κ3) is 3.15. The Bertz CT molecular complexity index is 435. The second kappa shape index (κ2) is 5.16. The van der Waals surface area contributed by atoms with Gasteiger partial charge in [0.15, 0.2) is 0 Å². The maximum Gasteiger partial charge on any atom is 0.410 e. The Morgan fingerprint density at radius 2 is 2.10 bits per heavy atom. The van der Waals surface area contributed by atoms with E-state index in [-0.39, 0.29) is 11.6 Å². The van der Waals surface area contributed by atoms with Crippen LogP contribution in [0.1, 0.15) is 40.0 Å². The van der Waals surface area contributed by atoms with E-state index < -0.39 is 5.60 Å². The Kier molecular flexibility index (Phi) is 3.59. The van der Waals surface area contributed by atoms with Crippen LogP contribution < -0.4 is 10.7 Å². The molecule has 3 aliphatic rings. The number of nitrogens with zero attached hydrogens (tertiary/aromatic N) is 2. The average molecular weight is 294 g/mol. The van der Waals surface area contributed by atoms with Crippen molar-refractivity contribution in [2.24, 2.45) is 11.0 Å². The Hall–Kier alpha value is -1.30. The van der Waals surface area contributed by atoms with Gasteiger partial charge in [-0.05, 0) is 40.0 Å². The number of hydrazone groups is 1. The van der Waals surface area contributed by atoms with Crippen molar-refractivity contribution < 1.29 is 9.53 Å². The minimum Gasteiger partial charge on any atom is -0.444 e. The quantitative estimate of drug-likeness (QED) is 0.707. The average Bonchev–Trinajstić information content (AvgIpc) is 2.84. The lowest BCUT2D eigenvalue weighted by Crippen LogP contribution is -2.62. The van der Waals surface area contributed by atoms with Gasteiger partial charge in [-0.15, -0.1) is 0 Å². The summed E-state index contributed by atoms with van der Waals surface area (Å²) in [6.45, 7) is 8.22. The zero-order valence-electron chi connectivity index (χ0n) is 13.2. The van der Waals surface area contributed by atoms with E-state index in [1.165, 1.54) is 0 Å². The molecule has 21 heavy (non-hydrogen) atoms. The third-order valence-electron chi connectivity index (χ3n) is 4.72. The first-order valence-electron chi connectivity index (χ1n) is 7.89. The molecule has 0 bridgehead atoms. The molecule has 6 nitrogen and oxygen atoms in total. The molecule has 1 amide bonds. The Morgan fingerprint density at radius 1 is 1.38 bits per heavy atom. The summed E-state index contributed by atoms with van der Waals surface area (Å²) in [5, 5.41) is 7.88. The second-order valence-electron chi connectivity index (χ2n) is 7.51. The molecule has 6 heteroatoms. The number of rotatable bonds is 0. The van der Waals surface area contributed by atoms with Gasteiger partial charge in [0.05, 0.1) is 6.04 Å². The number of nitrogens with one attached hydrogen (secondary N) is 2. The number of amides is 1. The van der Waals surface area contributed by atoms with Crippen LogP contribution in [0.2, 0.25) is 0 Å². The Balaban J connectivity index is 1.55. The van der Waals surface area contributed by atoms with Crippen LogP contribution in [0, 0.1) is 5.92 Å². The summed E-state index contributed by atoms with van der Waals surface area (Å²) in [6.07, 6.45) is 4.95. The minimum atomic E-state index is -0.422. The second-order valence-corrected chi connectivity index (χ2v) is 7.51. The lowest BCUT2D eigenvalue weighted by Gasteiger charge is -2.47. The van der Waals surface area contributed by atoms with Crippen molar-refractivity contribution in [2.45, 2.75) is 57.2 Å². The fourth-order valence-electron chi connectivity index (χ4n) is 3.50. The first-order chi connectivity index (χ1) is 9.87. The van der Waals surface area contributed by atoms with Crippen LogP contribution >= 0.6 is 0 Å². The van der Waals surface area contributed by atoms with Crippen LogP contribution in [-0.4, -0.2) is 54.0 Å². The first-order valence-corrected chi connectivity index (χ1v) is 7.89. The molecule has 2 saturated heterocycles. The molecule has 3 heterocycles. The number of likely N-dealkylation sites (tertiary alicyclic amines) is 1. The molecule has 2 atom stereocenters. The van der Waals surface area contributed by atoms with Crippen molar-refractivity contribution in [3.63, 3.8) is 0 Å². The van der Waals surface area contributed by atoms with Gasteiger partial charge in [-0.1, -0.05) is 0 Å². The van der Waals surface area contributed by atoms with E-state index in [1.54, 1.807) is 0 Å². The number of hydrogen-bond acceptors (Lipinski definition) is 5. The Morgan fingerprint density at radius 3 is 2.76 bits per heavy atom. The van der Waals surface area contributed by atoms with Gasteiger partial charge < -0.3 is 20.4 Å². The van der Waals surface area contributed by atoms with Gasteiger partial charge in [0.25, 0.3) is 0 Å². The zero-order valence-corrected chi connectivity index (χ0v) is 13.2. The lowest BCUT2D eigenvalue weighted by molar-refractivity contribution is 0.0111. The molecule has 0 aromatic heterocycles. The van der Waals surface area contributed by atoms with E-state index in [0.717, 1.165) is 38.9 Å². The van der Waals surface area contributed by atoms with Crippen molar-refractivity contribution in [2.75, 3.05) is 19.6 Å². The highest BCUT2D eigenvalue weighted by Gasteiger charge is 2.44. The Labute approximate surface area is 126 Å². The van der Waals surface area contributed by atoms with Gasteiger partial charge in [-0.3, -0.25) is 0 Å². The molecule has 2 N–H and O–H groups in total. The molecular formula is C15H26N4O2. The van der Waals surface area contributed by atoms with E-state index in [9.17, 15) is 4.79 Å². The highest BCUT2D eigenvalue weighted by atomic mass is 16.6. The van der Waals surface area contributed by atoms with E-state index >= 15 is 0 Å². The van der Waals surface area contributed by atoms with Crippen LogP contribution in [0.25, 0.3) is 0 Å². The molecule has 0 radical (unpaired) electrons. The maximum absolute atomic E-state index is 12.1. The molecule has 3 rings (SSSR count). The summed E-state index contributed by atoms with van der Waals surface area (Å²) in [4.78, 5) is 14.0. The van der Waals surface area contributed by atoms with Gasteiger partial charge >= 0.3 is 6.09 Å². The largest absolute Gasteiger partial charge is 0.444 e. The number of carbonyl (C=O) groups is 1. The van der Waals surface area contributed by atoms with Crippen LogP contribution in [-0.2, 0) is 4.74 Å². The summed E-state index contributed by atoms with van der Waals surface area (Å²) >= 11 is 0. The van der Waals surface area contributed by atoms with Crippen molar-refractivity contribution >= 4 is 12.3 Å². The normalized spacial score (nSPS) is 30.9. The van der Waals surface area contributed by atoms with Gasteiger partial charge in [0, 0.05) is 37.3 Å². The monoisotopic (exact) mass is 294 g/mol. The molecule has 0 saturated carbocycles. The molecule has 0 aromatic carbocycles. The molecule has 118 valence electrons. The molecular weight excluding hydrogens is 268 g/mol. The van der Waals surface area contributed by atoms with Gasteiger partial charge in [0.1, 0.15) is 5.60 Å². The molecule has 0 aliphatic carbocycles. The van der Waals surface area contributed by atoms with Crippen molar-refractivity contribution in [1.82, 2.24) is 15.6 Å². The lowest BCUT2D eigenvalue weighted by atomic mass is 9.75.